The van der Waals surface area contributed by atoms with Crippen molar-refractivity contribution >= 4 is 17.7 Å². The quantitative estimate of drug-likeness (QED) is 0.673. The highest BCUT2D eigenvalue weighted by Crippen LogP contribution is 2.40. The van der Waals surface area contributed by atoms with Gasteiger partial charge in [-0.3, -0.25) is 4.57 Å². The Morgan fingerprint density at radius 3 is 2.63 bits per heavy atom. The predicted octanol–water partition coefficient (Wildman–Crippen LogP) is 4.15. The van der Waals surface area contributed by atoms with Crippen LogP contribution < -0.4 is 5.32 Å². The molecule has 4 rings (SSSR count). The van der Waals surface area contributed by atoms with Crippen LogP contribution in [-0.4, -0.2) is 42.5 Å². The molecule has 3 aromatic rings. The highest BCUT2D eigenvalue weighted by atomic mass is 35.5. The number of alkyl carbamates (subject to hydrolysis) is 1. The van der Waals surface area contributed by atoms with Crippen LogP contribution in [0.2, 0.25) is 5.02 Å². The number of ether oxygens (including phenoxy) is 1. The standard InChI is InChI=1S/C21H23ClN6O2/c1-21(2,3)25-20(29)30-14-10-13(11-14)18-26-27-19(16-8-9-23-12-24-16)28(18)17-7-5-4-6-15(17)22/h4-9,12-14H,10-11H2,1-3H3,(H,25,29). The molecule has 30 heavy (non-hydrogen) atoms. The molecule has 0 radical (unpaired) electrons. The lowest BCUT2D eigenvalue weighted by molar-refractivity contribution is 0.0336. The monoisotopic (exact) mass is 426 g/mol. The van der Waals surface area contributed by atoms with Crippen LogP contribution in [0.1, 0.15) is 45.4 Å². The smallest absolute Gasteiger partial charge is 0.407 e. The van der Waals surface area contributed by atoms with Gasteiger partial charge in [-0.2, -0.15) is 0 Å². The molecule has 1 N–H and O–H groups in total. The van der Waals surface area contributed by atoms with Crippen molar-refractivity contribution < 1.29 is 9.53 Å². The van der Waals surface area contributed by atoms with Crippen LogP contribution in [0.25, 0.3) is 17.2 Å². The highest BCUT2D eigenvalue weighted by Gasteiger charge is 2.38. The molecule has 1 aromatic carbocycles. The molecule has 0 bridgehead atoms. The Kier molecular flexibility index (Phi) is 5.42. The van der Waals surface area contributed by atoms with Gasteiger partial charge in [0, 0.05) is 17.7 Å². The van der Waals surface area contributed by atoms with Crippen LogP contribution in [0.5, 0.6) is 0 Å². The van der Waals surface area contributed by atoms with Gasteiger partial charge < -0.3 is 10.1 Å². The average molecular weight is 427 g/mol. The van der Waals surface area contributed by atoms with Crippen molar-refractivity contribution in [3.8, 4) is 17.2 Å². The van der Waals surface area contributed by atoms with Crippen LogP contribution in [0.15, 0.2) is 42.9 Å². The van der Waals surface area contributed by atoms with Gasteiger partial charge in [-0.05, 0) is 51.8 Å². The maximum Gasteiger partial charge on any atom is 0.407 e. The Hall–Kier alpha value is -3.00. The fourth-order valence-electron chi connectivity index (χ4n) is 3.38. The molecular weight excluding hydrogens is 404 g/mol. The summed E-state index contributed by atoms with van der Waals surface area (Å²) in [5.41, 5.74) is 1.10. The van der Waals surface area contributed by atoms with E-state index in [2.05, 4.69) is 25.5 Å². The number of aromatic nitrogens is 5. The summed E-state index contributed by atoms with van der Waals surface area (Å²) in [5, 5.41) is 12.2. The first-order valence-electron chi connectivity index (χ1n) is 9.77. The van der Waals surface area contributed by atoms with E-state index in [1.54, 1.807) is 12.3 Å². The second-order valence-corrected chi connectivity index (χ2v) is 8.74. The molecule has 2 heterocycles. The number of nitrogens with zero attached hydrogens (tertiary/aromatic N) is 5. The average Bonchev–Trinajstić information content (AvgIpc) is 3.08. The van der Waals surface area contributed by atoms with Crippen molar-refractivity contribution in [3.05, 3.63) is 53.7 Å². The number of benzene rings is 1. The molecule has 0 unspecified atom stereocenters. The van der Waals surface area contributed by atoms with Gasteiger partial charge in [-0.25, -0.2) is 14.8 Å². The molecule has 9 heteroatoms. The minimum Gasteiger partial charge on any atom is -0.446 e. The number of para-hydroxylation sites is 1. The number of rotatable bonds is 4. The van der Waals surface area contributed by atoms with Crippen LogP contribution in [0.3, 0.4) is 0 Å². The Bertz CT molecular complexity index is 1040. The summed E-state index contributed by atoms with van der Waals surface area (Å²) in [6.45, 7) is 5.75. The normalized spacial score (nSPS) is 18.5. The van der Waals surface area contributed by atoms with E-state index in [9.17, 15) is 4.79 Å². The molecule has 0 spiro atoms. The zero-order chi connectivity index (χ0) is 21.3. The molecule has 156 valence electrons. The number of carbonyl (C=O) groups excluding carboxylic acids is 1. The van der Waals surface area contributed by atoms with Gasteiger partial charge >= 0.3 is 6.09 Å². The van der Waals surface area contributed by atoms with E-state index in [4.69, 9.17) is 16.3 Å². The molecule has 0 saturated heterocycles. The Balaban J connectivity index is 1.59. The van der Waals surface area contributed by atoms with Crippen molar-refractivity contribution in [2.75, 3.05) is 0 Å². The second kappa shape index (κ2) is 8.02. The lowest BCUT2D eigenvalue weighted by Gasteiger charge is -2.35. The number of nitrogens with one attached hydrogen (secondary N) is 1. The van der Waals surface area contributed by atoms with Gasteiger partial charge in [0.25, 0.3) is 0 Å². The fourth-order valence-corrected chi connectivity index (χ4v) is 3.60. The van der Waals surface area contributed by atoms with Crippen LogP contribution in [0, 0.1) is 0 Å². The summed E-state index contributed by atoms with van der Waals surface area (Å²) >= 11 is 6.49. The highest BCUT2D eigenvalue weighted by molar-refractivity contribution is 6.32. The zero-order valence-corrected chi connectivity index (χ0v) is 17.8. The molecule has 0 atom stereocenters. The third-order valence-electron chi connectivity index (χ3n) is 4.80. The van der Waals surface area contributed by atoms with Crippen molar-refractivity contribution in [2.45, 2.75) is 51.2 Å². The van der Waals surface area contributed by atoms with E-state index >= 15 is 0 Å². The zero-order valence-electron chi connectivity index (χ0n) is 17.0. The molecular formula is C21H23ClN6O2. The Morgan fingerprint density at radius 2 is 1.97 bits per heavy atom. The molecule has 2 aromatic heterocycles. The summed E-state index contributed by atoms with van der Waals surface area (Å²) in [5.74, 6) is 1.46. The summed E-state index contributed by atoms with van der Waals surface area (Å²) in [7, 11) is 0. The van der Waals surface area contributed by atoms with E-state index in [1.165, 1.54) is 6.33 Å². The minimum atomic E-state index is -0.403. The third kappa shape index (κ3) is 4.28. The lowest BCUT2D eigenvalue weighted by atomic mass is 9.81. The van der Waals surface area contributed by atoms with E-state index in [1.807, 2.05) is 49.6 Å². The van der Waals surface area contributed by atoms with Crippen LogP contribution >= 0.6 is 11.6 Å². The Morgan fingerprint density at radius 1 is 1.20 bits per heavy atom. The SMILES string of the molecule is CC(C)(C)NC(=O)OC1CC(c2nnc(-c3ccncn3)n2-c2ccccc2Cl)C1. The number of hydrogen-bond donors (Lipinski definition) is 1. The predicted molar refractivity (Wildman–Crippen MR) is 113 cm³/mol. The second-order valence-electron chi connectivity index (χ2n) is 8.33. The molecule has 1 aliphatic rings. The van der Waals surface area contributed by atoms with E-state index < -0.39 is 6.09 Å². The fraction of sp³-hybridized carbons (Fsp3) is 0.381. The molecule has 1 fully saturated rings. The van der Waals surface area contributed by atoms with Gasteiger partial charge in [0.05, 0.1) is 10.7 Å². The van der Waals surface area contributed by atoms with Crippen LogP contribution in [-0.2, 0) is 4.74 Å². The summed E-state index contributed by atoms with van der Waals surface area (Å²) in [6, 6.07) is 9.32. The van der Waals surface area contributed by atoms with Crippen molar-refractivity contribution in [3.63, 3.8) is 0 Å². The summed E-state index contributed by atoms with van der Waals surface area (Å²) < 4.78 is 7.45. The first-order valence-corrected chi connectivity index (χ1v) is 10.1. The van der Waals surface area contributed by atoms with Crippen molar-refractivity contribution in [1.29, 1.82) is 0 Å². The van der Waals surface area contributed by atoms with E-state index in [0.717, 1.165) is 11.5 Å². The number of amides is 1. The van der Waals surface area contributed by atoms with Gasteiger partial charge in [0.15, 0.2) is 5.82 Å². The van der Waals surface area contributed by atoms with E-state index in [0.29, 0.717) is 29.4 Å². The largest absolute Gasteiger partial charge is 0.446 e. The first-order chi connectivity index (χ1) is 14.3. The van der Waals surface area contributed by atoms with Gasteiger partial charge in [-0.15, -0.1) is 10.2 Å². The molecule has 1 saturated carbocycles. The third-order valence-corrected chi connectivity index (χ3v) is 5.12. The van der Waals surface area contributed by atoms with Crippen molar-refractivity contribution in [1.82, 2.24) is 30.0 Å². The summed E-state index contributed by atoms with van der Waals surface area (Å²) in [4.78, 5) is 20.3. The maximum absolute atomic E-state index is 12.0. The lowest BCUT2D eigenvalue weighted by Crippen LogP contribution is -2.44. The number of carbonyl (C=O) groups is 1. The van der Waals surface area contributed by atoms with Gasteiger partial charge in [0.2, 0.25) is 0 Å². The first kappa shape index (κ1) is 20.3. The molecule has 1 aliphatic carbocycles. The Labute approximate surface area is 179 Å². The summed E-state index contributed by atoms with van der Waals surface area (Å²) in [6.07, 6.45) is 3.92. The minimum absolute atomic E-state index is 0.0943. The maximum atomic E-state index is 12.0. The topological polar surface area (TPSA) is 94.8 Å². The molecule has 0 aliphatic heterocycles. The molecule has 8 nitrogen and oxygen atoms in total. The van der Waals surface area contributed by atoms with Crippen molar-refractivity contribution in [2.24, 2.45) is 0 Å². The van der Waals surface area contributed by atoms with E-state index in [-0.39, 0.29) is 17.6 Å². The van der Waals surface area contributed by atoms with Crippen LogP contribution in [0.4, 0.5) is 4.79 Å². The number of halogens is 1. The van der Waals surface area contributed by atoms with Gasteiger partial charge in [-0.1, -0.05) is 23.7 Å². The number of hydrogen-bond acceptors (Lipinski definition) is 6. The molecule has 1 amide bonds. The van der Waals surface area contributed by atoms with Gasteiger partial charge in [0.1, 0.15) is 23.9 Å².